The van der Waals surface area contributed by atoms with Crippen molar-refractivity contribution >= 4 is 11.6 Å². The topological polar surface area (TPSA) is 76.9 Å². The molecule has 1 N–H and O–H groups in total. The summed E-state index contributed by atoms with van der Waals surface area (Å²) in [6.45, 7) is 7.53. The van der Waals surface area contributed by atoms with Crippen molar-refractivity contribution in [1.82, 2.24) is 14.8 Å². The molecule has 0 radical (unpaired) electrons. The Morgan fingerprint density at radius 2 is 1.70 bits per heavy atom. The molecule has 0 aliphatic rings. The molecule has 6 nitrogen and oxygen atoms in total. The molecule has 3 aromatic rings. The van der Waals surface area contributed by atoms with Crippen LogP contribution in [0, 0.1) is 20.8 Å². The first-order valence-corrected chi connectivity index (χ1v) is 8.76. The molecular formula is C21H22N4O2. The summed E-state index contributed by atoms with van der Waals surface area (Å²) in [7, 11) is 0. The summed E-state index contributed by atoms with van der Waals surface area (Å²) in [6.07, 6.45) is 1.51. The van der Waals surface area contributed by atoms with Crippen LogP contribution in [-0.4, -0.2) is 20.7 Å². The predicted molar refractivity (Wildman–Crippen MR) is 106 cm³/mol. The van der Waals surface area contributed by atoms with Gasteiger partial charge in [-0.05, 0) is 39.3 Å². The molecule has 2 aromatic carbocycles. The summed E-state index contributed by atoms with van der Waals surface area (Å²) in [5.74, 6) is -0.318. The van der Waals surface area contributed by atoms with Gasteiger partial charge in [0, 0.05) is 11.3 Å². The molecule has 138 valence electrons. The summed E-state index contributed by atoms with van der Waals surface area (Å²) in [5.41, 5.74) is 4.65. The lowest BCUT2D eigenvalue weighted by Crippen LogP contribution is -2.35. The Balaban J connectivity index is 1.81. The van der Waals surface area contributed by atoms with Crippen LogP contribution in [0.4, 0.5) is 5.69 Å². The summed E-state index contributed by atoms with van der Waals surface area (Å²) in [6, 6.07) is 12.7. The Bertz CT molecular complexity index is 1040. The highest BCUT2D eigenvalue weighted by Gasteiger charge is 2.19. The van der Waals surface area contributed by atoms with Crippen LogP contribution in [-0.2, 0) is 4.79 Å². The predicted octanol–water partition coefficient (Wildman–Crippen LogP) is 3.43. The zero-order valence-electron chi connectivity index (χ0n) is 15.9. The number of amides is 1. The number of hydrogen-bond acceptors (Lipinski definition) is 4. The van der Waals surface area contributed by atoms with E-state index < -0.39 is 11.7 Å². The smallest absolute Gasteiger partial charge is 0.324 e. The zero-order valence-corrected chi connectivity index (χ0v) is 15.9. The first-order chi connectivity index (χ1) is 12.8. The number of aromatic nitrogens is 3. The molecule has 0 saturated carbocycles. The van der Waals surface area contributed by atoms with E-state index in [-0.39, 0.29) is 5.91 Å². The van der Waals surface area contributed by atoms with Crippen LogP contribution in [0.25, 0.3) is 11.3 Å². The van der Waals surface area contributed by atoms with E-state index in [0.717, 1.165) is 32.6 Å². The number of carbonyl (C=O) groups excluding carboxylic acids is 1. The number of anilines is 1. The molecule has 6 heteroatoms. The second-order valence-electron chi connectivity index (χ2n) is 6.72. The monoisotopic (exact) mass is 362 g/mol. The van der Waals surface area contributed by atoms with Crippen molar-refractivity contribution in [3.63, 3.8) is 0 Å². The molecular weight excluding hydrogens is 340 g/mol. The summed E-state index contributed by atoms with van der Waals surface area (Å²) < 4.78 is 1.09. The largest absolute Gasteiger partial charge is 0.365 e. The highest BCUT2D eigenvalue weighted by atomic mass is 16.2. The molecule has 1 unspecified atom stereocenters. The molecule has 0 bridgehead atoms. The highest BCUT2D eigenvalue weighted by Crippen LogP contribution is 2.18. The summed E-state index contributed by atoms with van der Waals surface area (Å²) in [4.78, 5) is 29.0. The molecule has 0 aliphatic heterocycles. The molecule has 1 atom stereocenters. The maximum absolute atomic E-state index is 12.6. The van der Waals surface area contributed by atoms with Gasteiger partial charge in [0.1, 0.15) is 6.04 Å². The van der Waals surface area contributed by atoms with E-state index in [1.807, 2.05) is 63.2 Å². The molecule has 0 saturated heterocycles. The number of benzene rings is 2. The van der Waals surface area contributed by atoms with E-state index in [1.165, 1.54) is 6.20 Å². The second kappa shape index (κ2) is 7.53. The quantitative estimate of drug-likeness (QED) is 0.771. The van der Waals surface area contributed by atoms with Crippen molar-refractivity contribution in [3.05, 3.63) is 75.8 Å². The van der Waals surface area contributed by atoms with Gasteiger partial charge in [0.15, 0.2) is 0 Å². The van der Waals surface area contributed by atoms with E-state index in [1.54, 1.807) is 6.92 Å². The van der Waals surface area contributed by atoms with Crippen molar-refractivity contribution < 1.29 is 4.79 Å². The van der Waals surface area contributed by atoms with Gasteiger partial charge in [-0.2, -0.15) is 10.1 Å². The van der Waals surface area contributed by atoms with E-state index in [9.17, 15) is 9.59 Å². The maximum Gasteiger partial charge on any atom is 0.365 e. The van der Waals surface area contributed by atoms with Gasteiger partial charge < -0.3 is 5.32 Å². The van der Waals surface area contributed by atoms with Crippen LogP contribution in [0.1, 0.15) is 29.7 Å². The van der Waals surface area contributed by atoms with Crippen LogP contribution in [0.3, 0.4) is 0 Å². The summed E-state index contributed by atoms with van der Waals surface area (Å²) >= 11 is 0. The van der Waals surface area contributed by atoms with Crippen LogP contribution in [0.5, 0.6) is 0 Å². The fraction of sp³-hybridized carbons (Fsp3) is 0.238. The third-order valence-corrected chi connectivity index (χ3v) is 4.45. The molecule has 1 amide bonds. The number of hydrogen-bond donors (Lipinski definition) is 1. The SMILES string of the molecule is Cc1ccc(-c2cnn(C(C)C(=O)Nc3ccc(C)cc3C)c(=O)n2)cc1. The second-order valence-corrected chi connectivity index (χ2v) is 6.72. The number of nitrogens with zero attached hydrogens (tertiary/aromatic N) is 3. The van der Waals surface area contributed by atoms with E-state index in [4.69, 9.17) is 0 Å². The molecule has 0 fully saturated rings. The maximum atomic E-state index is 12.6. The van der Waals surface area contributed by atoms with Crippen LogP contribution in [0.15, 0.2) is 53.5 Å². The molecule has 27 heavy (non-hydrogen) atoms. The van der Waals surface area contributed by atoms with Crippen LogP contribution < -0.4 is 11.0 Å². The zero-order chi connectivity index (χ0) is 19.6. The molecule has 1 aromatic heterocycles. The third kappa shape index (κ3) is 4.11. The third-order valence-electron chi connectivity index (χ3n) is 4.45. The summed E-state index contributed by atoms with van der Waals surface area (Å²) in [5, 5.41) is 7.01. The van der Waals surface area contributed by atoms with Gasteiger partial charge in [-0.3, -0.25) is 4.79 Å². The van der Waals surface area contributed by atoms with Crippen molar-refractivity contribution in [2.45, 2.75) is 33.7 Å². The van der Waals surface area contributed by atoms with Gasteiger partial charge in [-0.1, -0.05) is 47.5 Å². The average molecular weight is 362 g/mol. The Hall–Kier alpha value is -3.28. The Morgan fingerprint density at radius 3 is 2.33 bits per heavy atom. The van der Waals surface area contributed by atoms with Gasteiger partial charge in [0.25, 0.3) is 0 Å². The number of rotatable bonds is 4. The minimum Gasteiger partial charge on any atom is -0.324 e. The first kappa shape index (κ1) is 18.5. The van der Waals surface area contributed by atoms with E-state index >= 15 is 0 Å². The minimum absolute atomic E-state index is 0.318. The van der Waals surface area contributed by atoms with Gasteiger partial charge in [0.2, 0.25) is 5.91 Å². The Labute approximate surface area is 157 Å². The fourth-order valence-corrected chi connectivity index (χ4v) is 2.78. The van der Waals surface area contributed by atoms with Crippen molar-refractivity contribution in [2.75, 3.05) is 5.32 Å². The van der Waals surface area contributed by atoms with E-state index in [0.29, 0.717) is 5.69 Å². The Morgan fingerprint density at radius 1 is 1.04 bits per heavy atom. The van der Waals surface area contributed by atoms with Crippen molar-refractivity contribution in [2.24, 2.45) is 0 Å². The molecule has 1 heterocycles. The molecule has 3 rings (SSSR count). The standard InChI is InChI=1S/C21H22N4O2/c1-13-5-8-17(9-6-13)19-12-22-25(21(27)24-19)16(4)20(26)23-18-10-7-14(2)11-15(18)3/h5-12,16H,1-4H3,(H,23,26). The van der Waals surface area contributed by atoms with E-state index in [2.05, 4.69) is 15.4 Å². The molecule has 0 spiro atoms. The van der Waals surface area contributed by atoms with Crippen molar-refractivity contribution in [3.8, 4) is 11.3 Å². The molecule has 0 aliphatic carbocycles. The average Bonchev–Trinajstić information content (AvgIpc) is 2.64. The first-order valence-electron chi connectivity index (χ1n) is 8.76. The number of carbonyl (C=O) groups is 1. The van der Waals surface area contributed by atoms with Crippen LogP contribution >= 0.6 is 0 Å². The van der Waals surface area contributed by atoms with Gasteiger partial charge in [0.05, 0.1) is 11.9 Å². The minimum atomic E-state index is -0.780. The lowest BCUT2D eigenvalue weighted by Gasteiger charge is -2.15. The Kier molecular flexibility index (Phi) is 5.16. The van der Waals surface area contributed by atoms with Crippen LogP contribution in [0.2, 0.25) is 0 Å². The van der Waals surface area contributed by atoms with Gasteiger partial charge in [-0.25, -0.2) is 9.48 Å². The normalized spacial score (nSPS) is 11.9. The lowest BCUT2D eigenvalue weighted by molar-refractivity contribution is -0.119. The highest BCUT2D eigenvalue weighted by molar-refractivity contribution is 5.94. The van der Waals surface area contributed by atoms with Gasteiger partial charge >= 0.3 is 5.69 Å². The van der Waals surface area contributed by atoms with Gasteiger partial charge in [-0.15, -0.1) is 0 Å². The lowest BCUT2D eigenvalue weighted by atomic mass is 10.1. The number of aryl methyl sites for hydroxylation is 3. The fourth-order valence-electron chi connectivity index (χ4n) is 2.78. The number of nitrogens with one attached hydrogen (secondary N) is 1. The van der Waals surface area contributed by atoms with Crippen molar-refractivity contribution in [1.29, 1.82) is 0 Å².